The highest BCUT2D eigenvalue weighted by atomic mass is 32.1. The lowest BCUT2D eigenvalue weighted by atomic mass is 9.92. The van der Waals surface area contributed by atoms with E-state index in [0.29, 0.717) is 16.5 Å². The molecule has 0 bridgehead atoms. The molecule has 1 aromatic heterocycles. The van der Waals surface area contributed by atoms with Crippen molar-refractivity contribution >= 4 is 46.9 Å². The highest BCUT2D eigenvalue weighted by Gasteiger charge is 2.38. The molecule has 0 spiro atoms. The summed E-state index contributed by atoms with van der Waals surface area (Å²) in [5.41, 5.74) is -0.146. The van der Waals surface area contributed by atoms with E-state index in [1.165, 1.54) is 12.3 Å². The first-order chi connectivity index (χ1) is 20.7. The fourth-order valence-corrected chi connectivity index (χ4v) is 6.36. The molecular formula is C30H45N5O8S. The monoisotopic (exact) mass is 635 g/mol. The van der Waals surface area contributed by atoms with Crippen LogP contribution in [0.5, 0.6) is 0 Å². The smallest absolute Gasteiger partial charge is 0.382 e. The Bertz CT molecular complexity index is 1220. The third-order valence-electron chi connectivity index (χ3n) is 8.41. The number of nitrogens with zero attached hydrogens (tertiary/aromatic N) is 4. The number of hydrogen-bond acceptors (Lipinski definition) is 11. The molecule has 2 saturated heterocycles. The summed E-state index contributed by atoms with van der Waals surface area (Å²) < 4.78 is 5.62. The fourth-order valence-electron chi connectivity index (χ4n) is 5.54. The van der Waals surface area contributed by atoms with Gasteiger partial charge in [0.15, 0.2) is 11.8 Å². The van der Waals surface area contributed by atoms with E-state index in [0.717, 1.165) is 37.1 Å². The number of carbonyl (C=O) groups is 6. The van der Waals surface area contributed by atoms with Crippen molar-refractivity contribution in [1.82, 2.24) is 25.2 Å². The minimum Gasteiger partial charge on any atom is -0.455 e. The van der Waals surface area contributed by atoms with Gasteiger partial charge < -0.3 is 19.8 Å². The van der Waals surface area contributed by atoms with Crippen molar-refractivity contribution in [3.8, 4) is 0 Å². The van der Waals surface area contributed by atoms with Gasteiger partial charge in [-0.05, 0) is 38.3 Å². The van der Waals surface area contributed by atoms with E-state index < -0.39 is 41.9 Å². The highest BCUT2D eigenvalue weighted by molar-refractivity contribution is 7.09. The van der Waals surface area contributed by atoms with Crippen molar-refractivity contribution in [1.29, 1.82) is 0 Å². The van der Waals surface area contributed by atoms with Gasteiger partial charge in [0.25, 0.3) is 11.8 Å². The Morgan fingerprint density at radius 2 is 1.80 bits per heavy atom. The van der Waals surface area contributed by atoms with E-state index in [4.69, 9.17) is 9.57 Å². The summed E-state index contributed by atoms with van der Waals surface area (Å²) in [7, 11) is 3.61. The molecule has 1 N–H and O–H groups in total. The van der Waals surface area contributed by atoms with Crippen LogP contribution in [0.25, 0.3) is 0 Å². The minimum absolute atomic E-state index is 0.0367. The molecule has 14 heteroatoms. The minimum atomic E-state index is -0.985. The second-order valence-electron chi connectivity index (χ2n) is 12.0. The van der Waals surface area contributed by atoms with Crippen LogP contribution in [0.3, 0.4) is 0 Å². The predicted octanol–water partition coefficient (Wildman–Crippen LogP) is 2.86. The average molecular weight is 636 g/mol. The molecule has 3 rings (SSSR count). The lowest BCUT2D eigenvalue weighted by Gasteiger charge is -2.38. The number of hydroxylamine groups is 2. The Balaban J connectivity index is 1.79. The number of ether oxygens (including phenoxy) is 1. The molecule has 5 atom stereocenters. The predicted molar refractivity (Wildman–Crippen MR) is 161 cm³/mol. The van der Waals surface area contributed by atoms with Gasteiger partial charge in [-0.3, -0.25) is 28.9 Å². The molecule has 1 unspecified atom stereocenters. The number of thiazole rings is 1. The van der Waals surface area contributed by atoms with Crippen LogP contribution in [0.4, 0.5) is 0 Å². The van der Waals surface area contributed by atoms with Gasteiger partial charge in [0.2, 0.25) is 11.8 Å². The number of hydrogen-bond donors (Lipinski definition) is 1. The molecule has 0 radical (unpaired) electrons. The third kappa shape index (κ3) is 8.62. The summed E-state index contributed by atoms with van der Waals surface area (Å²) in [6.07, 6.45) is 2.63. The Morgan fingerprint density at radius 1 is 1.14 bits per heavy atom. The fraction of sp³-hybridized carbons (Fsp3) is 0.700. The van der Waals surface area contributed by atoms with E-state index in [1.54, 1.807) is 11.9 Å². The normalized spacial score (nSPS) is 20.2. The van der Waals surface area contributed by atoms with Crippen molar-refractivity contribution in [2.45, 2.75) is 104 Å². The Labute approximate surface area is 262 Å². The molecule has 44 heavy (non-hydrogen) atoms. The number of imide groups is 1. The molecular weight excluding hydrogens is 590 g/mol. The van der Waals surface area contributed by atoms with Crippen molar-refractivity contribution in [2.24, 2.45) is 11.8 Å². The van der Waals surface area contributed by atoms with E-state index in [1.807, 2.05) is 39.6 Å². The lowest BCUT2D eigenvalue weighted by Crippen LogP contribution is -2.58. The summed E-state index contributed by atoms with van der Waals surface area (Å²) in [5.74, 6) is -3.37. The van der Waals surface area contributed by atoms with Gasteiger partial charge in [0.1, 0.15) is 11.0 Å². The van der Waals surface area contributed by atoms with Crippen LogP contribution in [-0.4, -0.2) is 94.2 Å². The zero-order valence-electron chi connectivity index (χ0n) is 26.7. The first-order valence-electron chi connectivity index (χ1n) is 15.2. The zero-order valence-corrected chi connectivity index (χ0v) is 27.5. The molecule has 244 valence electrons. The number of likely N-dealkylation sites (tertiary alicyclic amines) is 1. The van der Waals surface area contributed by atoms with Gasteiger partial charge in [-0.2, -0.15) is 0 Å². The van der Waals surface area contributed by atoms with Gasteiger partial charge in [-0.25, -0.2) is 9.78 Å². The number of likely N-dealkylation sites (N-methyl/N-ethyl adjacent to an activating group) is 2. The first-order valence-corrected chi connectivity index (χ1v) is 16.1. The zero-order chi connectivity index (χ0) is 32.7. The van der Waals surface area contributed by atoms with E-state index in [2.05, 4.69) is 10.3 Å². The quantitative estimate of drug-likeness (QED) is 0.253. The lowest BCUT2D eigenvalue weighted by molar-refractivity contribution is -0.172. The number of esters is 1. The molecule has 4 amide bonds. The van der Waals surface area contributed by atoms with E-state index in [-0.39, 0.29) is 54.6 Å². The third-order valence-corrected chi connectivity index (χ3v) is 9.35. The number of carbonyl (C=O) groups excluding carboxylic acids is 6. The molecule has 2 fully saturated rings. The van der Waals surface area contributed by atoms with E-state index in [9.17, 15) is 28.8 Å². The van der Waals surface area contributed by atoms with Crippen molar-refractivity contribution in [2.75, 3.05) is 20.6 Å². The largest absolute Gasteiger partial charge is 0.455 e. The van der Waals surface area contributed by atoms with Crippen LogP contribution in [0.15, 0.2) is 5.38 Å². The summed E-state index contributed by atoms with van der Waals surface area (Å²) in [6, 6.07) is -1.44. The number of aromatic nitrogens is 1. The maximum atomic E-state index is 14.0. The number of amides is 4. The van der Waals surface area contributed by atoms with Crippen LogP contribution in [0, 0.1) is 11.8 Å². The van der Waals surface area contributed by atoms with Gasteiger partial charge >= 0.3 is 11.9 Å². The second-order valence-corrected chi connectivity index (χ2v) is 12.9. The van der Waals surface area contributed by atoms with Crippen LogP contribution < -0.4 is 5.32 Å². The van der Waals surface area contributed by atoms with Gasteiger partial charge in [-0.1, -0.05) is 40.5 Å². The molecule has 13 nitrogen and oxygen atoms in total. The van der Waals surface area contributed by atoms with Crippen molar-refractivity contribution < 1.29 is 38.3 Å². The van der Waals surface area contributed by atoms with Crippen LogP contribution >= 0.6 is 11.3 Å². The number of nitrogens with one attached hydrogen (secondary N) is 1. The average Bonchev–Trinajstić information content (AvgIpc) is 3.59. The molecule has 0 aromatic carbocycles. The van der Waals surface area contributed by atoms with E-state index >= 15 is 0 Å². The van der Waals surface area contributed by atoms with Crippen LogP contribution in [0.2, 0.25) is 0 Å². The van der Waals surface area contributed by atoms with Gasteiger partial charge in [0, 0.05) is 44.7 Å². The highest BCUT2D eigenvalue weighted by Crippen LogP contribution is 2.31. The van der Waals surface area contributed by atoms with Crippen molar-refractivity contribution in [3.05, 3.63) is 16.1 Å². The van der Waals surface area contributed by atoms with Gasteiger partial charge in [0.05, 0.1) is 6.04 Å². The molecule has 1 aromatic rings. The maximum absolute atomic E-state index is 14.0. The molecule has 2 aliphatic heterocycles. The second kappa shape index (κ2) is 15.6. The Morgan fingerprint density at radius 3 is 2.36 bits per heavy atom. The Kier molecular flexibility index (Phi) is 12.4. The number of rotatable bonds is 13. The maximum Gasteiger partial charge on any atom is 0.382 e. The summed E-state index contributed by atoms with van der Waals surface area (Å²) in [5, 5.41) is 5.18. The molecule has 0 saturated carbocycles. The van der Waals surface area contributed by atoms with Crippen molar-refractivity contribution in [3.63, 3.8) is 0 Å². The molecule has 0 aliphatic carbocycles. The molecule has 2 aliphatic rings. The summed E-state index contributed by atoms with van der Waals surface area (Å²) in [6.45, 7) is 9.89. The SMILES string of the molecule is CC[C@H](C)[C@H](NC(=O)C1CCCCN1C)C(=O)N(C)[C@H](C[C@@H](OC(C)=O)c1nc(C(=O)ON2C(=O)CCC2=O)cs1)C(C)C. The van der Waals surface area contributed by atoms with Crippen LogP contribution in [-0.2, 0) is 33.5 Å². The summed E-state index contributed by atoms with van der Waals surface area (Å²) in [4.78, 5) is 88.6. The summed E-state index contributed by atoms with van der Waals surface area (Å²) >= 11 is 1.06. The van der Waals surface area contributed by atoms with Gasteiger partial charge in [-0.15, -0.1) is 16.4 Å². The number of piperidine rings is 1. The molecule has 3 heterocycles. The van der Waals surface area contributed by atoms with Crippen LogP contribution in [0.1, 0.15) is 101 Å². The standard InChI is InChI=1S/C30H45N5O8S/c1-8-18(4)26(32-27(39)21-11-9-10-14-33(21)6)29(40)34(7)22(17(2)3)15-23(42-19(5)36)28-31-20(16-44-28)30(41)43-35-24(37)12-13-25(35)38/h16-18,21-23,26H,8-15H2,1-7H3,(H,32,39)/t18-,21?,22+,23+,26-/m0/s1. The first kappa shape index (κ1) is 35.1. The Hall–Kier alpha value is -3.39. The topological polar surface area (TPSA) is 156 Å².